The molecule has 1 amide bonds. The van der Waals surface area contributed by atoms with Crippen molar-refractivity contribution in [3.63, 3.8) is 0 Å². The summed E-state index contributed by atoms with van der Waals surface area (Å²) in [4.78, 5) is 25.3. The number of carbonyl (C=O) groups excluding carboxylic acids is 1. The lowest BCUT2D eigenvalue weighted by Crippen LogP contribution is -2.34. The van der Waals surface area contributed by atoms with Gasteiger partial charge in [-0.1, -0.05) is 0 Å². The number of amides is 1. The molecule has 6 heteroatoms. The Balaban J connectivity index is 1.83. The fraction of sp³-hybridized carbons (Fsp3) is 0.524. The molecular weight excluding hydrogens is 346 g/mol. The summed E-state index contributed by atoms with van der Waals surface area (Å²) in [5, 5.41) is 0.915. The second-order valence-corrected chi connectivity index (χ2v) is 7.75. The number of carbonyl (C=O) groups is 1. The first kappa shape index (κ1) is 20.8. The van der Waals surface area contributed by atoms with Gasteiger partial charge < -0.3 is 18.8 Å². The molecule has 0 aliphatic heterocycles. The molecule has 1 aromatic heterocycles. The molecule has 148 valence electrons. The summed E-state index contributed by atoms with van der Waals surface area (Å²) in [5.41, 5.74) is 1.28. The maximum absolute atomic E-state index is 11.9. The van der Waals surface area contributed by atoms with Crippen molar-refractivity contribution in [1.82, 2.24) is 4.90 Å². The van der Waals surface area contributed by atoms with Crippen LogP contribution >= 0.6 is 0 Å². The lowest BCUT2D eigenvalue weighted by molar-refractivity contribution is 0.0294. The van der Waals surface area contributed by atoms with Crippen LogP contribution < -0.4 is 10.4 Å². The van der Waals surface area contributed by atoms with Crippen LogP contribution in [0.5, 0.6) is 5.75 Å². The summed E-state index contributed by atoms with van der Waals surface area (Å²) >= 11 is 0. The van der Waals surface area contributed by atoms with Crippen molar-refractivity contribution in [2.45, 2.75) is 53.1 Å². The zero-order valence-corrected chi connectivity index (χ0v) is 17.0. The van der Waals surface area contributed by atoms with Gasteiger partial charge in [0.2, 0.25) is 0 Å². The van der Waals surface area contributed by atoms with E-state index < -0.39 is 5.60 Å². The zero-order chi connectivity index (χ0) is 20.2. The molecule has 2 rings (SSSR count). The number of ether oxygens (including phenoxy) is 2. The summed E-state index contributed by atoms with van der Waals surface area (Å²) < 4.78 is 16.4. The maximum Gasteiger partial charge on any atom is 0.410 e. The molecular formula is C21H29NO5. The number of nitrogens with zero attached hydrogens (tertiary/aromatic N) is 1. The van der Waals surface area contributed by atoms with Gasteiger partial charge in [-0.3, -0.25) is 0 Å². The molecule has 0 aliphatic carbocycles. The van der Waals surface area contributed by atoms with Crippen LogP contribution in [0.15, 0.2) is 27.4 Å². The molecule has 0 bridgehead atoms. The molecule has 2 aromatic rings. The van der Waals surface area contributed by atoms with E-state index in [1.807, 2.05) is 39.8 Å². The first-order chi connectivity index (χ1) is 12.6. The van der Waals surface area contributed by atoms with E-state index in [9.17, 15) is 9.59 Å². The van der Waals surface area contributed by atoms with Gasteiger partial charge in [0.25, 0.3) is 0 Å². The highest BCUT2D eigenvalue weighted by molar-refractivity contribution is 5.82. The molecule has 0 saturated carbocycles. The average Bonchev–Trinajstić information content (AvgIpc) is 2.57. The number of rotatable bonds is 6. The van der Waals surface area contributed by atoms with Crippen molar-refractivity contribution in [2.24, 2.45) is 0 Å². The van der Waals surface area contributed by atoms with Crippen molar-refractivity contribution in [2.75, 3.05) is 20.2 Å². The van der Waals surface area contributed by atoms with E-state index in [-0.39, 0.29) is 11.7 Å². The van der Waals surface area contributed by atoms with Gasteiger partial charge in [0.15, 0.2) is 0 Å². The van der Waals surface area contributed by atoms with Crippen LogP contribution in [-0.4, -0.2) is 36.8 Å². The Labute approximate surface area is 160 Å². The zero-order valence-electron chi connectivity index (χ0n) is 17.0. The Morgan fingerprint density at radius 2 is 1.85 bits per heavy atom. The molecule has 0 aliphatic rings. The minimum absolute atomic E-state index is 0.317. The van der Waals surface area contributed by atoms with E-state index in [0.29, 0.717) is 30.0 Å². The fourth-order valence-corrected chi connectivity index (χ4v) is 2.59. The molecule has 0 unspecified atom stereocenters. The molecule has 1 heterocycles. The summed E-state index contributed by atoms with van der Waals surface area (Å²) in [5.74, 6) is 0.661. The predicted octanol–water partition coefficient (Wildman–Crippen LogP) is 4.44. The van der Waals surface area contributed by atoms with Crippen LogP contribution in [0.4, 0.5) is 4.79 Å². The van der Waals surface area contributed by atoms with E-state index >= 15 is 0 Å². The van der Waals surface area contributed by atoms with Crippen molar-refractivity contribution in [3.05, 3.63) is 39.7 Å². The Hall–Kier alpha value is -2.50. The van der Waals surface area contributed by atoms with Crippen molar-refractivity contribution in [3.8, 4) is 5.75 Å². The van der Waals surface area contributed by atoms with Gasteiger partial charge in [-0.15, -0.1) is 0 Å². The summed E-state index contributed by atoms with van der Waals surface area (Å²) in [6, 6.07) is 5.53. The minimum Gasteiger partial charge on any atom is -0.493 e. The van der Waals surface area contributed by atoms with Crippen molar-refractivity contribution < 1.29 is 18.7 Å². The fourth-order valence-electron chi connectivity index (χ4n) is 2.59. The smallest absolute Gasteiger partial charge is 0.410 e. The lowest BCUT2D eigenvalue weighted by atomic mass is 10.1. The Bertz CT molecular complexity index is 863. The highest BCUT2D eigenvalue weighted by Crippen LogP contribution is 2.24. The van der Waals surface area contributed by atoms with Crippen LogP contribution in [0.1, 0.15) is 44.7 Å². The van der Waals surface area contributed by atoms with Crippen LogP contribution in [-0.2, 0) is 4.74 Å². The standard InChI is InChI=1S/C21H29NO5/c1-14-15(2)19(23)26-18-13-16(9-10-17(14)18)25-12-8-7-11-22(6)20(24)27-21(3,4)5/h9-10,13H,7-8,11-12H2,1-6H3. The van der Waals surface area contributed by atoms with Gasteiger partial charge in [0.1, 0.15) is 16.9 Å². The number of hydrogen-bond donors (Lipinski definition) is 0. The maximum atomic E-state index is 11.9. The number of benzene rings is 1. The Morgan fingerprint density at radius 1 is 1.15 bits per heavy atom. The van der Waals surface area contributed by atoms with E-state index in [4.69, 9.17) is 13.9 Å². The quantitative estimate of drug-likeness (QED) is 0.552. The summed E-state index contributed by atoms with van der Waals surface area (Å²) in [7, 11) is 1.73. The van der Waals surface area contributed by atoms with Crippen molar-refractivity contribution >= 4 is 17.1 Å². The number of aryl methyl sites for hydroxylation is 1. The third-order valence-electron chi connectivity index (χ3n) is 4.29. The van der Waals surface area contributed by atoms with E-state index in [1.54, 1.807) is 24.9 Å². The van der Waals surface area contributed by atoms with E-state index in [2.05, 4.69) is 0 Å². The molecule has 0 N–H and O–H groups in total. The monoisotopic (exact) mass is 375 g/mol. The van der Waals surface area contributed by atoms with Gasteiger partial charge in [-0.25, -0.2) is 9.59 Å². The molecule has 0 atom stereocenters. The topological polar surface area (TPSA) is 69.0 Å². The third kappa shape index (κ3) is 5.74. The van der Waals surface area contributed by atoms with E-state index in [0.717, 1.165) is 23.8 Å². The first-order valence-corrected chi connectivity index (χ1v) is 9.19. The molecule has 27 heavy (non-hydrogen) atoms. The average molecular weight is 375 g/mol. The number of fused-ring (bicyclic) bond motifs is 1. The summed E-state index contributed by atoms with van der Waals surface area (Å²) in [6.45, 7) is 10.3. The van der Waals surface area contributed by atoms with Gasteiger partial charge in [-0.05, 0) is 65.2 Å². The second-order valence-electron chi connectivity index (χ2n) is 7.75. The number of hydrogen-bond acceptors (Lipinski definition) is 5. The first-order valence-electron chi connectivity index (χ1n) is 9.19. The Morgan fingerprint density at radius 3 is 2.52 bits per heavy atom. The normalized spacial score (nSPS) is 11.5. The van der Waals surface area contributed by atoms with Gasteiger partial charge in [0, 0.05) is 30.6 Å². The molecule has 6 nitrogen and oxygen atoms in total. The van der Waals surface area contributed by atoms with Gasteiger partial charge >= 0.3 is 11.7 Å². The van der Waals surface area contributed by atoms with E-state index in [1.165, 1.54) is 0 Å². The SMILES string of the molecule is Cc1c(C)c2ccc(OCCCCN(C)C(=O)OC(C)(C)C)cc2oc1=O. The second kappa shape index (κ2) is 8.46. The van der Waals surface area contributed by atoms with Crippen LogP contribution in [0, 0.1) is 13.8 Å². The van der Waals surface area contributed by atoms with Crippen molar-refractivity contribution in [1.29, 1.82) is 0 Å². The summed E-state index contributed by atoms with van der Waals surface area (Å²) in [6.07, 6.45) is 1.28. The third-order valence-corrected chi connectivity index (χ3v) is 4.29. The van der Waals surface area contributed by atoms with Crippen LogP contribution in [0.2, 0.25) is 0 Å². The molecule has 0 spiro atoms. The molecule has 0 saturated heterocycles. The lowest BCUT2D eigenvalue weighted by Gasteiger charge is -2.24. The predicted molar refractivity (Wildman–Crippen MR) is 106 cm³/mol. The molecule has 0 radical (unpaired) electrons. The molecule has 0 fully saturated rings. The largest absolute Gasteiger partial charge is 0.493 e. The highest BCUT2D eigenvalue weighted by atomic mass is 16.6. The molecule has 1 aromatic carbocycles. The van der Waals surface area contributed by atoms with Gasteiger partial charge in [0.05, 0.1) is 6.61 Å². The highest BCUT2D eigenvalue weighted by Gasteiger charge is 2.19. The van der Waals surface area contributed by atoms with Crippen LogP contribution in [0.25, 0.3) is 11.0 Å². The Kier molecular flexibility index (Phi) is 6.52. The minimum atomic E-state index is -0.490. The van der Waals surface area contributed by atoms with Crippen LogP contribution in [0.3, 0.4) is 0 Å². The number of unbranched alkanes of at least 4 members (excludes halogenated alkanes) is 1. The van der Waals surface area contributed by atoms with Gasteiger partial charge in [-0.2, -0.15) is 0 Å².